The number of ketones is 1. The Hall–Kier alpha value is -3.26. The standard InChI is InChI=1S/C23H17F4NO3/c1-14-2-4-15(5-3-14)20(29)12-30-17-7-9-21(28-11-17)23(26,27)22(13-31-22)18-8-6-16(24)10-19(18)25/h2-11H,12-13H2,1H3. The average Bonchev–Trinajstić information content (AvgIpc) is 3.55. The maximum Gasteiger partial charge on any atom is 0.324 e. The van der Waals surface area contributed by atoms with Crippen molar-refractivity contribution in [2.24, 2.45) is 0 Å². The summed E-state index contributed by atoms with van der Waals surface area (Å²) in [5.41, 5.74) is -1.87. The van der Waals surface area contributed by atoms with Crippen LogP contribution in [0.5, 0.6) is 5.75 Å². The lowest BCUT2D eigenvalue weighted by atomic mass is 9.90. The van der Waals surface area contributed by atoms with Crippen LogP contribution in [-0.2, 0) is 16.3 Å². The summed E-state index contributed by atoms with van der Waals surface area (Å²) in [6, 6.07) is 11.6. The van der Waals surface area contributed by atoms with Gasteiger partial charge in [0.1, 0.15) is 23.1 Å². The number of aromatic nitrogens is 1. The van der Waals surface area contributed by atoms with E-state index in [-0.39, 0.29) is 18.1 Å². The first-order valence-electron chi connectivity index (χ1n) is 9.39. The fraction of sp³-hybridized carbons (Fsp3) is 0.217. The molecular weight excluding hydrogens is 414 g/mol. The van der Waals surface area contributed by atoms with Gasteiger partial charge in [0.2, 0.25) is 0 Å². The number of hydrogen-bond donors (Lipinski definition) is 0. The highest BCUT2D eigenvalue weighted by Crippen LogP contribution is 2.56. The lowest BCUT2D eigenvalue weighted by molar-refractivity contribution is -0.0902. The van der Waals surface area contributed by atoms with Gasteiger partial charge in [0.15, 0.2) is 18.0 Å². The van der Waals surface area contributed by atoms with Gasteiger partial charge in [0.05, 0.1) is 12.8 Å². The Morgan fingerprint density at radius 1 is 1.13 bits per heavy atom. The highest BCUT2D eigenvalue weighted by molar-refractivity contribution is 5.97. The molecule has 0 spiro atoms. The molecule has 1 aliphatic heterocycles. The van der Waals surface area contributed by atoms with Gasteiger partial charge in [-0.3, -0.25) is 9.78 Å². The van der Waals surface area contributed by atoms with Crippen molar-refractivity contribution in [3.63, 3.8) is 0 Å². The number of benzene rings is 2. The first-order valence-corrected chi connectivity index (χ1v) is 9.39. The Morgan fingerprint density at radius 2 is 1.84 bits per heavy atom. The number of hydrogen-bond acceptors (Lipinski definition) is 4. The Morgan fingerprint density at radius 3 is 2.42 bits per heavy atom. The van der Waals surface area contributed by atoms with Crippen molar-refractivity contribution >= 4 is 5.78 Å². The minimum absolute atomic E-state index is 0.124. The van der Waals surface area contributed by atoms with E-state index in [1.165, 1.54) is 6.07 Å². The number of halogens is 4. The molecule has 2 heterocycles. The number of ether oxygens (including phenoxy) is 2. The van der Waals surface area contributed by atoms with Gasteiger partial charge in [-0.25, -0.2) is 8.78 Å². The summed E-state index contributed by atoms with van der Waals surface area (Å²) in [5, 5.41) is 0. The van der Waals surface area contributed by atoms with Crippen molar-refractivity contribution in [2.45, 2.75) is 18.4 Å². The number of epoxide rings is 1. The van der Waals surface area contributed by atoms with Crippen LogP contribution in [0.15, 0.2) is 60.8 Å². The van der Waals surface area contributed by atoms with Crippen LogP contribution < -0.4 is 4.74 Å². The number of nitrogens with zero attached hydrogens (tertiary/aromatic N) is 1. The molecule has 31 heavy (non-hydrogen) atoms. The summed E-state index contributed by atoms with van der Waals surface area (Å²) < 4.78 is 67.8. The molecule has 4 rings (SSSR count). The van der Waals surface area contributed by atoms with E-state index in [1.807, 2.05) is 6.92 Å². The Bertz CT molecular complexity index is 1110. The van der Waals surface area contributed by atoms with Crippen LogP contribution in [0.3, 0.4) is 0 Å². The van der Waals surface area contributed by atoms with Crippen LogP contribution in [0.2, 0.25) is 0 Å². The molecule has 0 amide bonds. The number of rotatable bonds is 7. The number of pyridine rings is 1. The second kappa shape index (κ2) is 7.77. The quantitative estimate of drug-likeness (QED) is 0.302. The third kappa shape index (κ3) is 3.90. The number of Topliss-reactive ketones (excluding diaryl/α,β-unsaturated/α-hetero) is 1. The van der Waals surface area contributed by atoms with Crippen LogP contribution in [0, 0.1) is 18.6 Å². The van der Waals surface area contributed by atoms with Crippen molar-refractivity contribution in [1.29, 1.82) is 0 Å². The maximum absolute atomic E-state index is 15.1. The van der Waals surface area contributed by atoms with E-state index in [4.69, 9.17) is 9.47 Å². The van der Waals surface area contributed by atoms with E-state index in [2.05, 4.69) is 4.98 Å². The number of aryl methyl sites for hydroxylation is 1. The van der Waals surface area contributed by atoms with Crippen LogP contribution >= 0.6 is 0 Å². The molecule has 0 bridgehead atoms. The molecule has 1 saturated heterocycles. The second-order valence-corrected chi connectivity index (χ2v) is 7.27. The van der Waals surface area contributed by atoms with E-state index < -0.39 is 41.0 Å². The highest BCUT2D eigenvalue weighted by atomic mass is 19.3. The van der Waals surface area contributed by atoms with E-state index in [1.54, 1.807) is 24.3 Å². The molecule has 0 radical (unpaired) electrons. The van der Waals surface area contributed by atoms with E-state index in [0.29, 0.717) is 11.6 Å². The zero-order chi connectivity index (χ0) is 22.2. The van der Waals surface area contributed by atoms with Crippen molar-refractivity contribution in [3.05, 3.63) is 94.8 Å². The molecule has 160 valence electrons. The van der Waals surface area contributed by atoms with E-state index in [0.717, 1.165) is 30.0 Å². The molecule has 3 aromatic rings. The average molecular weight is 431 g/mol. The van der Waals surface area contributed by atoms with Crippen LogP contribution in [0.4, 0.5) is 17.6 Å². The molecule has 1 atom stereocenters. The first kappa shape index (κ1) is 21.0. The van der Waals surface area contributed by atoms with Gasteiger partial charge < -0.3 is 9.47 Å². The van der Waals surface area contributed by atoms with Crippen LogP contribution in [0.25, 0.3) is 0 Å². The predicted molar refractivity (Wildman–Crippen MR) is 103 cm³/mol. The van der Waals surface area contributed by atoms with Crippen LogP contribution in [0.1, 0.15) is 27.2 Å². The van der Waals surface area contributed by atoms with Gasteiger partial charge in [0.25, 0.3) is 0 Å². The largest absolute Gasteiger partial charge is 0.484 e. The molecule has 4 nitrogen and oxygen atoms in total. The summed E-state index contributed by atoms with van der Waals surface area (Å²) in [5.74, 6) is -5.82. The molecule has 1 aliphatic rings. The summed E-state index contributed by atoms with van der Waals surface area (Å²) >= 11 is 0. The lowest BCUT2D eigenvalue weighted by Gasteiger charge is -2.24. The summed E-state index contributed by atoms with van der Waals surface area (Å²) in [6.45, 7) is 1.18. The van der Waals surface area contributed by atoms with Gasteiger partial charge in [-0.2, -0.15) is 8.78 Å². The number of carbonyl (C=O) groups excluding carboxylic acids is 1. The zero-order valence-electron chi connectivity index (χ0n) is 16.4. The minimum Gasteiger partial charge on any atom is -0.484 e. The van der Waals surface area contributed by atoms with Gasteiger partial charge in [-0.15, -0.1) is 0 Å². The molecule has 0 saturated carbocycles. The third-order valence-electron chi connectivity index (χ3n) is 5.11. The molecule has 8 heteroatoms. The van der Waals surface area contributed by atoms with Crippen molar-refractivity contribution in [1.82, 2.24) is 4.98 Å². The zero-order valence-corrected chi connectivity index (χ0v) is 16.4. The molecule has 0 N–H and O–H groups in total. The van der Waals surface area contributed by atoms with Gasteiger partial charge in [0, 0.05) is 17.2 Å². The molecule has 1 fully saturated rings. The third-order valence-corrected chi connectivity index (χ3v) is 5.11. The van der Waals surface area contributed by atoms with Gasteiger partial charge in [-0.1, -0.05) is 29.8 Å². The Balaban J connectivity index is 1.48. The summed E-state index contributed by atoms with van der Waals surface area (Å²) in [4.78, 5) is 15.9. The van der Waals surface area contributed by atoms with Crippen molar-refractivity contribution in [3.8, 4) is 5.75 Å². The Kier molecular flexibility index (Phi) is 5.26. The summed E-state index contributed by atoms with van der Waals surface area (Å²) in [6.07, 6.45) is 1.06. The monoisotopic (exact) mass is 431 g/mol. The maximum atomic E-state index is 15.1. The SMILES string of the molecule is Cc1ccc(C(=O)COc2ccc(C(F)(F)C3(c4ccc(F)cc4F)CO3)nc2)cc1. The minimum atomic E-state index is -3.68. The molecular formula is C23H17F4NO3. The van der Waals surface area contributed by atoms with E-state index >= 15 is 8.78 Å². The predicted octanol–water partition coefficient (Wildman–Crippen LogP) is 4.95. The topological polar surface area (TPSA) is 51.7 Å². The van der Waals surface area contributed by atoms with Crippen LogP contribution in [-0.4, -0.2) is 24.0 Å². The normalized spacial score (nSPS) is 18.0. The molecule has 0 aliphatic carbocycles. The molecule has 1 aromatic heterocycles. The fourth-order valence-corrected chi connectivity index (χ4v) is 3.23. The smallest absolute Gasteiger partial charge is 0.324 e. The summed E-state index contributed by atoms with van der Waals surface area (Å²) in [7, 11) is 0. The number of alkyl halides is 2. The fourth-order valence-electron chi connectivity index (χ4n) is 3.23. The van der Waals surface area contributed by atoms with Crippen molar-refractivity contribution < 1.29 is 31.8 Å². The number of carbonyl (C=O) groups is 1. The lowest BCUT2D eigenvalue weighted by Crippen LogP contribution is -2.34. The Labute approximate surface area is 175 Å². The van der Waals surface area contributed by atoms with Crippen molar-refractivity contribution in [2.75, 3.05) is 13.2 Å². The van der Waals surface area contributed by atoms with Gasteiger partial charge in [-0.05, 0) is 31.2 Å². The molecule has 1 unspecified atom stereocenters. The van der Waals surface area contributed by atoms with E-state index in [9.17, 15) is 13.6 Å². The first-order chi connectivity index (χ1) is 14.7. The second-order valence-electron chi connectivity index (χ2n) is 7.27. The van der Waals surface area contributed by atoms with Gasteiger partial charge >= 0.3 is 5.92 Å². The highest BCUT2D eigenvalue weighted by Gasteiger charge is 2.68. The molecule has 2 aromatic carbocycles.